The van der Waals surface area contributed by atoms with E-state index in [0.29, 0.717) is 17.2 Å². The molecule has 2 rings (SSSR count). The number of methoxy groups -OCH3 is 1. The predicted octanol–water partition coefficient (Wildman–Crippen LogP) is 4.53. The number of ether oxygens (including phenoxy) is 1. The number of halogens is 2. The topological polar surface area (TPSA) is 38.3 Å². The first-order chi connectivity index (χ1) is 9.99. The van der Waals surface area contributed by atoms with Gasteiger partial charge in [0.25, 0.3) is 5.91 Å². The van der Waals surface area contributed by atoms with Gasteiger partial charge in [-0.1, -0.05) is 51.6 Å². The Bertz CT molecular complexity index is 521. The Morgan fingerprint density at radius 3 is 2.90 bits per heavy atom. The van der Waals surface area contributed by atoms with E-state index in [0.717, 1.165) is 29.1 Å². The molecule has 1 amide bonds. The van der Waals surface area contributed by atoms with Crippen molar-refractivity contribution in [2.24, 2.45) is 5.92 Å². The molecule has 1 N–H and O–H groups in total. The summed E-state index contributed by atoms with van der Waals surface area (Å²) in [4.78, 5) is 12.6. The summed E-state index contributed by atoms with van der Waals surface area (Å²) in [7, 11) is 1.58. The van der Waals surface area contributed by atoms with Crippen molar-refractivity contribution >= 4 is 37.8 Å². The van der Waals surface area contributed by atoms with Crippen LogP contribution in [0.5, 0.6) is 5.75 Å². The fraction of sp³-hybridized carbons (Fsp3) is 0.562. The van der Waals surface area contributed by atoms with Gasteiger partial charge in [-0.2, -0.15) is 0 Å². The molecular formula is C16H21Br2NO2. The number of benzene rings is 1. The van der Waals surface area contributed by atoms with Gasteiger partial charge in [0.15, 0.2) is 0 Å². The molecule has 3 nitrogen and oxygen atoms in total. The van der Waals surface area contributed by atoms with Crippen molar-refractivity contribution in [2.45, 2.75) is 38.1 Å². The number of carbonyl (C=O) groups excluding carboxylic acids is 1. The van der Waals surface area contributed by atoms with E-state index >= 15 is 0 Å². The lowest BCUT2D eigenvalue weighted by molar-refractivity contribution is 0.0866. The van der Waals surface area contributed by atoms with Gasteiger partial charge in [0.2, 0.25) is 0 Å². The van der Waals surface area contributed by atoms with Gasteiger partial charge in [-0.25, -0.2) is 0 Å². The molecule has 0 bridgehead atoms. The predicted molar refractivity (Wildman–Crippen MR) is 92.3 cm³/mol. The molecule has 1 aromatic rings. The maximum atomic E-state index is 12.6. The van der Waals surface area contributed by atoms with Crippen LogP contribution in [-0.4, -0.2) is 23.9 Å². The van der Waals surface area contributed by atoms with Gasteiger partial charge < -0.3 is 10.1 Å². The number of nitrogens with one attached hydrogen (secondary N) is 1. The number of hydrogen-bond acceptors (Lipinski definition) is 2. The number of hydrogen-bond donors (Lipinski definition) is 1. The molecule has 0 saturated heterocycles. The lowest BCUT2D eigenvalue weighted by Gasteiger charge is -2.39. The fourth-order valence-electron chi connectivity index (χ4n) is 3.09. The third-order valence-corrected chi connectivity index (χ3v) is 5.70. The zero-order valence-electron chi connectivity index (χ0n) is 12.4. The SMILES string of the molecule is COc1cc(Br)ccc1C(=O)NC1(CBr)CCCC(C)C1. The third-order valence-electron chi connectivity index (χ3n) is 4.13. The monoisotopic (exact) mass is 417 g/mol. The zero-order valence-corrected chi connectivity index (χ0v) is 15.6. The molecule has 21 heavy (non-hydrogen) atoms. The van der Waals surface area contributed by atoms with Crippen molar-refractivity contribution in [3.8, 4) is 5.75 Å². The Kier molecular flexibility index (Phi) is 5.72. The molecule has 1 aliphatic rings. The molecule has 1 fully saturated rings. The summed E-state index contributed by atoms with van der Waals surface area (Å²) in [5, 5.41) is 4.03. The summed E-state index contributed by atoms with van der Waals surface area (Å²) >= 11 is 6.99. The summed E-state index contributed by atoms with van der Waals surface area (Å²) in [6.07, 6.45) is 4.44. The molecular weight excluding hydrogens is 398 g/mol. The van der Waals surface area contributed by atoms with Gasteiger partial charge in [-0.05, 0) is 37.0 Å². The minimum absolute atomic E-state index is 0.0621. The second-order valence-corrected chi connectivity index (χ2v) is 7.39. The highest BCUT2D eigenvalue weighted by Gasteiger charge is 2.36. The molecule has 1 saturated carbocycles. The molecule has 0 spiro atoms. The Hall–Kier alpha value is -0.550. The molecule has 2 unspecified atom stereocenters. The van der Waals surface area contributed by atoms with Crippen molar-refractivity contribution in [2.75, 3.05) is 12.4 Å². The second kappa shape index (κ2) is 7.14. The van der Waals surface area contributed by atoms with Gasteiger partial charge in [0.05, 0.1) is 18.2 Å². The highest BCUT2D eigenvalue weighted by atomic mass is 79.9. The van der Waals surface area contributed by atoms with Gasteiger partial charge in [-0.15, -0.1) is 0 Å². The molecule has 5 heteroatoms. The first-order valence-electron chi connectivity index (χ1n) is 7.22. The molecule has 0 aliphatic heterocycles. The summed E-state index contributed by atoms with van der Waals surface area (Å²) in [6, 6.07) is 5.48. The highest BCUT2D eigenvalue weighted by Crippen LogP contribution is 2.34. The third kappa shape index (κ3) is 4.01. The standard InChI is InChI=1S/C16H21Br2NO2/c1-11-4-3-7-16(9-11,10-17)19-15(20)13-6-5-12(18)8-14(13)21-2/h5-6,8,11H,3-4,7,9-10H2,1-2H3,(H,19,20). The van der Waals surface area contributed by atoms with E-state index in [2.05, 4.69) is 44.1 Å². The van der Waals surface area contributed by atoms with Crippen LogP contribution in [0.4, 0.5) is 0 Å². The summed E-state index contributed by atoms with van der Waals surface area (Å²) in [6.45, 7) is 2.25. The van der Waals surface area contributed by atoms with Gasteiger partial charge in [-0.3, -0.25) is 4.79 Å². The lowest BCUT2D eigenvalue weighted by Crippen LogP contribution is -2.52. The Morgan fingerprint density at radius 1 is 1.52 bits per heavy atom. The van der Waals surface area contributed by atoms with Crippen LogP contribution in [0.25, 0.3) is 0 Å². The van der Waals surface area contributed by atoms with Gasteiger partial charge in [0.1, 0.15) is 5.75 Å². The zero-order chi connectivity index (χ0) is 15.5. The Morgan fingerprint density at radius 2 is 2.29 bits per heavy atom. The van der Waals surface area contributed by atoms with Gasteiger partial charge >= 0.3 is 0 Å². The summed E-state index contributed by atoms with van der Waals surface area (Å²) in [5.74, 6) is 1.17. The van der Waals surface area contributed by atoms with Crippen molar-refractivity contribution in [3.63, 3.8) is 0 Å². The number of carbonyl (C=O) groups is 1. The fourth-order valence-corrected chi connectivity index (χ4v) is 4.08. The minimum Gasteiger partial charge on any atom is -0.496 e. The molecule has 0 radical (unpaired) electrons. The van der Waals surface area contributed by atoms with E-state index < -0.39 is 0 Å². The van der Waals surface area contributed by atoms with E-state index in [4.69, 9.17) is 4.74 Å². The number of alkyl halides is 1. The maximum Gasteiger partial charge on any atom is 0.255 e. The largest absolute Gasteiger partial charge is 0.496 e. The number of amides is 1. The average Bonchev–Trinajstić information content (AvgIpc) is 2.46. The van der Waals surface area contributed by atoms with Crippen LogP contribution in [0.2, 0.25) is 0 Å². The Balaban J connectivity index is 2.20. The van der Waals surface area contributed by atoms with E-state index in [1.165, 1.54) is 6.42 Å². The summed E-state index contributed by atoms with van der Waals surface area (Å²) in [5.41, 5.74) is 0.437. The van der Waals surface area contributed by atoms with Crippen LogP contribution in [-0.2, 0) is 0 Å². The van der Waals surface area contributed by atoms with Crippen molar-refractivity contribution in [3.05, 3.63) is 28.2 Å². The second-order valence-electron chi connectivity index (χ2n) is 5.91. The normalized spacial score (nSPS) is 25.4. The smallest absolute Gasteiger partial charge is 0.255 e. The first kappa shape index (κ1) is 16.8. The van der Waals surface area contributed by atoms with Crippen molar-refractivity contribution in [1.82, 2.24) is 5.32 Å². The van der Waals surface area contributed by atoms with Gasteiger partial charge in [0, 0.05) is 9.80 Å². The van der Waals surface area contributed by atoms with E-state index in [1.807, 2.05) is 12.1 Å². The molecule has 2 atom stereocenters. The van der Waals surface area contributed by atoms with Crippen LogP contribution >= 0.6 is 31.9 Å². The van der Waals surface area contributed by atoms with Crippen LogP contribution in [0.15, 0.2) is 22.7 Å². The maximum absolute atomic E-state index is 12.6. The lowest BCUT2D eigenvalue weighted by atomic mass is 9.77. The van der Waals surface area contributed by atoms with Crippen molar-refractivity contribution in [1.29, 1.82) is 0 Å². The first-order valence-corrected chi connectivity index (χ1v) is 9.13. The van der Waals surface area contributed by atoms with Crippen LogP contribution in [0, 0.1) is 5.92 Å². The minimum atomic E-state index is -0.146. The van der Waals surface area contributed by atoms with E-state index in [9.17, 15) is 4.79 Å². The summed E-state index contributed by atoms with van der Waals surface area (Å²) < 4.78 is 6.22. The quantitative estimate of drug-likeness (QED) is 0.729. The molecule has 1 aromatic carbocycles. The molecule has 0 aromatic heterocycles. The van der Waals surface area contributed by atoms with Crippen LogP contribution in [0.1, 0.15) is 43.0 Å². The average molecular weight is 419 g/mol. The molecule has 116 valence electrons. The van der Waals surface area contributed by atoms with E-state index in [1.54, 1.807) is 13.2 Å². The van der Waals surface area contributed by atoms with Crippen LogP contribution in [0.3, 0.4) is 0 Å². The van der Waals surface area contributed by atoms with E-state index in [-0.39, 0.29) is 11.4 Å². The molecule has 1 aliphatic carbocycles. The van der Waals surface area contributed by atoms with Crippen LogP contribution < -0.4 is 10.1 Å². The molecule has 0 heterocycles. The van der Waals surface area contributed by atoms with Crippen molar-refractivity contribution < 1.29 is 9.53 Å². The Labute approximate surface area is 143 Å². The number of rotatable bonds is 4. The highest BCUT2D eigenvalue weighted by molar-refractivity contribution is 9.10.